The maximum Gasteiger partial charge on any atom is 0.416 e. The van der Waals surface area contributed by atoms with E-state index in [0.29, 0.717) is 58.5 Å². The molecular formula is C33H30F3N3O4S. The minimum atomic E-state index is -4.54. The summed E-state index contributed by atoms with van der Waals surface area (Å²) in [6, 6.07) is 17.2. The van der Waals surface area contributed by atoms with Crippen LogP contribution in [0.4, 0.5) is 13.2 Å². The molecule has 0 aliphatic carbocycles. The summed E-state index contributed by atoms with van der Waals surface area (Å²) in [6.07, 6.45) is -1.55. The lowest BCUT2D eigenvalue weighted by atomic mass is 10.00. The van der Waals surface area contributed by atoms with Crippen LogP contribution < -0.4 is 14.8 Å². The van der Waals surface area contributed by atoms with Gasteiger partial charge in [0.25, 0.3) is 11.8 Å². The average molecular weight is 622 g/mol. The molecule has 11 heteroatoms. The summed E-state index contributed by atoms with van der Waals surface area (Å²) in [5, 5.41) is 3.51. The van der Waals surface area contributed by atoms with E-state index in [0.717, 1.165) is 30.5 Å². The minimum absolute atomic E-state index is 0.0939. The normalized spacial score (nSPS) is 16.3. The summed E-state index contributed by atoms with van der Waals surface area (Å²) < 4.78 is 51.7. The van der Waals surface area contributed by atoms with E-state index in [1.165, 1.54) is 17.4 Å². The molecule has 0 spiro atoms. The van der Waals surface area contributed by atoms with E-state index in [2.05, 4.69) is 5.32 Å². The van der Waals surface area contributed by atoms with Crippen LogP contribution in [0.5, 0.6) is 11.5 Å². The zero-order valence-corrected chi connectivity index (χ0v) is 24.8. The first-order valence-electron chi connectivity index (χ1n) is 14.4. The summed E-state index contributed by atoms with van der Waals surface area (Å²) in [6.45, 7) is 1.22. The van der Waals surface area contributed by atoms with Crippen molar-refractivity contribution >= 4 is 23.2 Å². The lowest BCUT2D eigenvalue weighted by molar-refractivity contribution is -0.137. The average Bonchev–Trinajstić information content (AvgIpc) is 3.71. The zero-order valence-electron chi connectivity index (χ0n) is 23.9. The van der Waals surface area contributed by atoms with Gasteiger partial charge >= 0.3 is 6.18 Å². The van der Waals surface area contributed by atoms with E-state index in [-0.39, 0.29) is 35.7 Å². The Morgan fingerprint density at radius 1 is 1.07 bits per heavy atom. The van der Waals surface area contributed by atoms with Crippen LogP contribution in [0.3, 0.4) is 0 Å². The predicted molar refractivity (Wildman–Crippen MR) is 161 cm³/mol. The Morgan fingerprint density at radius 2 is 1.86 bits per heavy atom. The highest BCUT2D eigenvalue weighted by atomic mass is 32.1. The lowest BCUT2D eigenvalue weighted by Gasteiger charge is -2.35. The van der Waals surface area contributed by atoms with Crippen molar-refractivity contribution in [2.75, 3.05) is 26.8 Å². The van der Waals surface area contributed by atoms with Crippen LogP contribution in [0.25, 0.3) is 21.0 Å². The number of halogens is 3. The fourth-order valence-corrected chi connectivity index (χ4v) is 6.77. The van der Waals surface area contributed by atoms with Crippen LogP contribution in [0.15, 0.2) is 66.7 Å². The molecule has 1 fully saturated rings. The number of nitrogens with zero attached hydrogens (tertiary/aromatic N) is 2. The molecule has 6 rings (SSSR count). The SMILES string of the molecule is COc1ccc(-c2nc(C(=O)N3CCCC[C@H]3CNC(=O)c3cccc4c3CCO4)c(-c3cccc(C(F)(F)F)c3)s2)cc1. The Kier molecular flexibility index (Phi) is 8.31. The van der Waals surface area contributed by atoms with Crippen molar-refractivity contribution in [1.82, 2.24) is 15.2 Å². The molecule has 0 saturated carbocycles. The van der Waals surface area contributed by atoms with Gasteiger partial charge in [0.05, 0.1) is 24.2 Å². The van der Waals surface area contributed by atoms with E-state index >= 15 is 0 Å². The zero-order chi connectivity index (χ0) is 30.8. The van der Waals surface area contributed by atoms with E-state index < -0.39 is 11.7 Å². The molecule has 4 aromatic rings. The van der Waals surface area contributed by atoms with Gasteiger partial charge in [-0.15, -0.1) is 11.3 Å². The second-order valence-electron chi connectivity index (χ2n) is 10.7. The van der Waals surface area contributed by atoms with Crippen LogP contribution in [-0.2, 0) is 12.6 Å². The van der Waals surface area contributed by atoms with Crippen LogP contribution >= 0.6 is 11.3 Å². The van der Waals surface area contributed by atoms with Gasteiger partial charge in [-0.25, -0.2) is 4.98 Å². The number of alkyl halides is 3. The Morgan fingerprint density at radius 3 is 2.64 bits per heavy atom. The number of carbonyl (C=O) groups is 2. The number of thiazole rings is 1. The Hall–Kier alpha value is -4.38. The van der Waals surface area contributed by atoms with Crippen molar-refractivity contribution in [3.8, 4) is 32.5 Å². The van der Waals surface area contributed by atoms with Gasteiger partial charge in [-0.05, 0) is 73.4 Å². The molecule has 0 radical (unpaired) electrons. The topological polar surface area (TPSA) is 80.8 Å². The van der Waals surface area contributed by atoms with Crippen molar-refractivity contribution in [2.24, 2.45) is 0 Å². The first-order valence-corrected chi connectivity index (χ1v) is 15.2. The number of hydrogen-bond donors (Lipinski definition) is 1. The first-order chi connectivity index (χ1) is 21.2. The number of carbonyl (C=O) groups excluding carboxylic acids is 2. The third-order valence-corrected chi connectivity index (χ3v) is 9.15. The molecule has 0 bridgehead atoms. The van der Waals surface area contributed by atoms with Crippen molar-refractivity contribution in [1.29, 1.82) is 0 Å². The molecule has 1 saturated heterocycles. The molecular weight excluding hydrogens is 591 g/mol. The van der Waals surface area contributed by atoms with Gasteiger partial charge < -0.3 is 19.7 Å². The molecule has 1 atom stereocenters. The number of aromatic nitrogens is 1. The van der Waals surface area contributed by atoms with Gasteiger partial charge in [0.2, 0.25) is 0 Å². The molecule has 3 heterocycles. The molecule has 0 unspecified atom stereocenters. The molecule has 44 heavy (non-hydrogen) atoms. The van der Waals surface area contributed by atoms with E-state index in [1.807, 2.05) is 6.07 Å². The molecule has 2 aliphatic heterocycles. The van der Waals surface area contributed by atoms with Crippen molar-refractivity contribution < 1.29 is 32.2 Å². The van der Waals surface area contributed by atoms with Gasteiger partial charge in [0, 0.05) is 42.2 Å². The number of rotatable bonds is 7. The number of fused-ring (bicyclic) bond motifs is 1. The highest BCUT2D eigenvalue weighted by Crippen LogP contribution is 2.40. The molecule has 2 amide bonds. The standard InChI is InChI=1S/C33H30F3N3O4S/c1-42-24-13-11-20(12-14-24)31-38-28(29(44-31)21-6-4-7-22(18-21)33(34,35)36)32(41)39-16-3-2-8-23(39)19-37-30(40)26-9-5-10-27-25(26)15-17-43-27/h4-7,9-14,18,23H,2-3,8,15-17,19H2,1H3,(H,37,40)/t23-/m0/s1. The number of hydrogen-bond acceptors (Lipinski definition) is 6. The molecule has 3 aromatic carbocycles. The summed E-state index contributed by atoms with van der Waals surface area (Å²) in [5.74, 6) is 0.753. The Labute approximate surface area is 256 Å². The second-order valence-corrected chi connectivity index (χ2v) is 11.7. The van der Waals surface area contributed by atoms with E-state index in [1.54, 1.807) is 54.5 Å². The number of nitrogens with one attached hydrogen (secondary N) is 1. The Bertz CT molecular complexity index is 1690. The molecule has 1 aromatic heterocycles. The molecule has 2 aliphatic rings. The van der Waals surface area contributed by atoms with Crippen molar-refractivity contribution in [2.45, 2.75) is 37.9 Å². The van der Waals surface area contributed by atoms with Gasteiger partial charge in [-0.1, -0.05) is 18.2 Å². The van der Waals surface area contributed by atoms with Crippen LogP contribution in [0, 0.1) is 0 Å². The second kappa shape index (κ2) is 12.3. The van der Waals surface area contributed by atoms with E-state index in [9.17, 15) is 22.8 Å². The Balaban J connectivity index is 1.31. The maximum absolute atomic E-state index is 14.2. The molecule has 7 nitrogen and oxygen atoms in total. The fourth-order valence-electron chi connectivity index (χ4n) is 5.71. The quantitative estimate of drug-likeness (QED) is 0.244. The number of likely N-dealkylation sites (tertiary alicyclic amines) is 1. The summed E-state index contributed by atoms with van der Waals surface area (Å²) in [4.78, 5) is 34.1. The number of ether oxygens (including phenoxy) is 2. The van der Waals surface area contributed by atoms with Crippen LogP contribution in [-0.4, -0.2) is 54.5 Å². The van der Waals surface area contributed by atoms with Crippen LogP contribution in [0.2, 0.25) is 0 Å². The van der Waals surface area contributed by atoms with Gasteiger partial charge in [-0.3, -0.25) is 9.59 Å². The smallest absolute Gasteiger partial charge is 0.416 e. The lowest BCUT2D eigenvalue weighted by Crippen LogP contribution is -2.49. The van der Waals surface area contributed by atoms with Crippen molar-refractivity contribution in [3.05, 3.63) is 89.1 Å². The van der Waals surface area contributed by atoms with Crippen LogP contribution in [0.1, 0.15) is 51.2 Å². The summed E-state index contributed by atoms with van der Waals surface area (Å²) >= 11 is 1.17. The molecule has 228 valence electrons. The number of amides is 2. The van der Waals surface area contributed by atoms with Gasteiger partial charge in [-0.2, -0.15) is 13.2 Å². The predicted octanol–water partition coefficient (Wildman–Crippen LogP) is 6.86. The highest BCUT2D eigenvalue weighted by Gasteiger charge is 2.34. The first kappa shape index (κ1) is 29.7. The highest BCUT2D eigenvalue weighted by molar-refractivity contribution is 7.18. The number of methoxy groups -OCH3 is 1. The largest absolute Gasteiger partial charge is 0.497 e. The fraction of sp³-hybridized carbons (Fsp3) is 0.303. The monoisotopic (exact) mass is 621 g/mol. The van der Waals surface area contributed by atoms with Gasteiger partial charge in [0.15, 0.2) is 0 Å². The number of benzene rings is 3. The minimum Gasteiger partial charge on any atom is -0.497 e. The van der Waals surface area contributed by atoms with Gasteiger partial charge in [0.1, 0.15) is 22.2 Å². The van der Waals surface area contributed by atoms with Crippen molar-refractivity contribution in [3.63, 3.8) is 0 Å². The third-order valence-electron chi connectivity index (χ3n) is 7.99. The summed E-state index contributed by atoms with van der Waals surface area (Å²) in [5.41, 5.74) is 1.71. The maximum atomic E-state index is 14.2. The molecule has 1 N–H and O–H groups in total. The number of piperidine rings is 1. The summed E-state index contributed by atoms with van der Waals surface area (Å²) in [7, 11) is 1.55. The van der Waals surface area contributed by atoms with E-state index in [4.69, 9.17) is 14.5 Å². The third kappa shape index (κ3) is 6.01.